The first-order chi connectivity index (χ1) is 15.4. The summed E-state index contributed by atoms with van der Waals surface area (Å²) in [5.74, 6) is 1.07. The van der Waals surface area contributed by atoms with Gasteiger partial charge in [-0.25, -0.2) is 9.78 Å². The summed E-state index contributed by atoms with van der Waals surface area (Å²) in [6, 6.07) is 15.4. The van der Waals surface area contributed by atoms with Crippen LogP contribution >= 0.6 is 0 Å². The summed E-state index contributed by atoms with van der Waals surface area (Å²) >= 11 is 0. The second kappa shape index (κ2) is 9.90. The van der Waals surface area contributed by atoms with Crippen molar-refractivity contribution in [3.63, 3.8) is 0 Å². The van der Waals surface area contributed by atoms with Crippen LogP contribution in [0.5, 0.6) is 0 Å². The number of anilines is 1. The molecule has 0 radical (unpaired) electrons. The van der Waals surface area contributed by atoms with Crippen LogP contribution in [0.15, 0.2) is 48.7 Å². The Balaban J connectivity index is 1.47. The van der Waals surface area contributed by atoms with E-state index >= 15 is 0 Å². The summed E-state index contributed by atoms with van der Waals surface area (Å²) in [5.41, 5.74) is 2.20. The quantitative estimate of drug-likeness (QED) is 0.685. The Morgan fingerprint density at radius 1 is 1.00 bits per heavy atom. The van der Waals surface area contributed by atoms with Crippen LogP contribution in [0.1, 0.15) is 57.2 Å². The van der Waals surface area contributed by atoms with E-state index in [-0.39, 0.29) is 6.09 Å². The first kappa shape index (κ1) is 22.6. The lowest BCUT2D eigenvalue weighted by atomic mass is 9.94. The molecule has 3 heterocycles. The summed E-state index contributed by atoms with van der Waals surface area (Å²) in [6.45, 7) is 10.7. The van der Waals surface area contributed by atoms with Gasteiger partial charge in [0.15, 0.2) is 0 Å². The predicted octanol–water partition coefficient (Wildman–Crippen LogP) is 4.87. The largest absolute Gasteiger partial charge is 0.444 e. The molecule has 2 aliphatic heterocycles. The topological polar surface area (TPSA) is 48.9 Å². The van der Waals surface area contributed by atoms with Gasteiger partial charge in [-0.05, 0) is 51.8 Å². The molecule has 0 bridgehead atoms. The van der Waals surface area contributed by atoms with Crippen molar-refractivity contribution in [3.8, 4) is 0 Å². The molecule has 0 saturated carbocycles. The average Bonchev–Trinajstić information content (AvgIpc) is 2.79. The van der Waals surface area contributed by atoms with Crippen LogP contribution in [-0.4, -0.2) is 59.2 Å². The van der Waals surface area contributed by atoms with Gasteiger partial charge in [0.1, 0.15) is 11.4 Å². The number of nitrogens with zero attached hydrogens (tertiary/aromatic N) is 4. The molecule has 0 aliphatic carbocycles. The molecule has 2 aromatic rings. The summed E-state index contributed by atoms with van der Waals surface area (Å²) in [4.78, 5) is 24.0. The summed E-state index contributed by atoms with van der Waals surface area (Å²) in [7, 11) is 0. The van der Waals surface area contributed by atoms with Crippen LogP contribution < -0.4 is 4.90 Å². The first-order valence-corrected chi connectivity index (χ1v) is 11.9. The number of piperazine rings is 1. The molecular weight excluding hydrogens is 400 g/mol. The fourth-order valence-electron chi connectivity index (χ4n) is 4.71. The molecule has 2 fully saturated rings. The third kappa shape index (κ3) is 5.60. The van der Waals surface area contributed by atoms with E-state index < -0.39 is 5.60 Å². The zero-order valence-electron chi connectivity index (χ0n) is 19.7. The van der Waals surface area contributed by atoms with Crippen molar-refractivity contribution in [2.75, 3.05) is 37.6 Å². The number of hydrogen-bond acceptors (Lipinski definition) is 5. The van der Waals surface area contributed by atoms with Crippen molar-refractivity contribution in [3.05, 3.63) is 59.8 Å². The smallest absolute Gasteiger partial charge is 0.410 e. The lowest BCUT2D eigenvalue weighted by molar-refractivity contribution is 0.0240. The zero-order chi connectivity index (χ0) is 22.6. The van der Waals surface area contributed by atoms with Crippen molar-refractivity contribution in [2.24, 2.45) is 0 Å². The lowest BCUT2D eigenvalue weighted by Crippen LogP contribution is -2.50. The molecule has 172 valence electrons. The van der Waals surface area contributed by atoms with Crippen molar-refractivity contribution >= 4 is 11.9 Å². The van der Waals surface area contributed by atoms with Crippen LogP contribution in [0.3, 0.4) is 0 Å². The van der Waals surface area contributed by atoms with Gasteiger partial charge in [-0.3, -0.25) is 4.90 Å². The minimum Gasteiger partial charge on any atom is -0.444 e. The Labute approximate surface area is 192 Å². The van der Waals surface area contributed by atoms with Crippen LogP contribution in [0.25, 0.3) is 0 Å². The van der Waals surface area contributed by atoms with Gasteiger partial charge in [0, 0.05) is 50.5 Å². The molecule has 2 saturated heterocycles. The SMILES string of the molecule is CC(C)(C)OC(=O)N1CCN(c2ncccc2[C@@H]2CCCCN2Cc2ccccc2)CC1. The van der Waals surface area contributed by atoms with Gasteiger partial charge in [-0.1, -0.05) is 42.8 Å². The molecule has 6 nitrogen and oxygen atoms in total. The molecular formula is C26H36N4O2. The van der Waals surface area contributed by atoms with E-state index in [1.165, 1.54) is 24.0 Å². The molecule has 4 rings (SSSR count). The third-order valence-electron chi connectivity index (χ3n) is 6.25. The van der Waals surface area contributed by atoms with Crippen molar-refractivity contribution in [2.45, 2.75) is 58.2 Å². The van der Waals surface area contributed by atoms with Crippen molar-refractivity contribution in [1.82, 2.24) is 14.8 Å². The number of carbonyl (C=O) groups is 1. The summed E-state index contributed by atoms with van der Waals surface area (Å²) in [5, 5.41) is 0. The molecule has 1 atom stereocenters. The Morgan fingerprint density at radius 2 is 1.75 bits per heavy atom. The number of piperidine rings is 1. The van der Waals surface area contributed by atoms with Gasteiger partial charge in [0.25, 0.3) is 0 Å². The van der Waals surface area contributed by atoms with E-state index in [1.807, 2.05) is 31.9 Å². The van der Waals surface area contributed by atoms with Gasteiger partial charge in [-0.2, -0.15) is 0 Å². The number of aromatic nitrogens is 1. The monoisotopic (exact) mass is 436 g/mol. The fraction of sp³-hybridized carbons (Fsp3) is 0.538. The van der Waals surface area contributed by atoms with Crippen molar-refractivity contribution in [1.29, 1.82) is 0 Å². The highest BCUT2D eigenvalue weighted by molar-refractivity contribution is 5.68. The highest BCUT2D eigenvalue weighted by Gasteiger charge is 2.31. The Hall–Kier alpha value is -2.60. The average molecular weight is 437 g/mol. The normalized spacial score (nSPS) is 20.3. The number of carbonyl (C=O) groups excluding carboxylic acids is 1. The summed E-state index contributed by atoms with van der Waals surface area (Å²) in [6.07, 6.45) is 5.32. The maximum Gasteiger partial charge on any atom is 0.410 e. The second-order valence-corrected chi connectivity index (χ2v) is 9.84. The van der Waals surface area contributed by atoms with Gasteiger partial charge in [0.2, 0.25) is 0 Å². The lowest BCUT2D eigenvalue weighted by Gasteiger charge is -2.40. The summed E-state index contributed by atoms with van der Waals surface area (Å²) < 4.78 is 5.55. The predicted molar refractivity (Wildman–Crippen MR) is 128 cm³/mol. The zero-order valence-corrected chi connectivity index (χ0v) is 19.7. The number of benzene rings is 1. The van der Waals surface area contributed by atoms with Gasteiger partial charge in [-0.15, -0.1) is 0 Å². The van der Waals surface area contributed by atoms with E-state index in [9.17, 15) is 4.79 Å². The van der Waals surface area contributed by atoms with Crippen LogP contribution in [-0.2, 0) is 11.3 Å². The Morgan fingerprint density at radius 3 is 2.47 bits per heavy atom. The Bertz CT molecular complexity index is 888. The number of pyridine rings is 1. The number of amides is 1. The highest BCUT2D eigenvalue weighted by Crippen LogP contribution is 2.36. The number of rotatable bonds is 4. The number of hydrogen-bond donors (Lipinski definition) is 0. The molecule has 1 aromatic heterocycles. The second-order valence-electron chi connectivity index (χ2n) is 9.84. The van der Waals surface area contributed by atoms with E-state index in [0.717, 1.165) is 38.4 Å². The molecule has 0 unspecified atom stereocenters. The minimum absolute atomic E-state index is 0.222. The number of likely N-dealkylation sites (tertiary alicyclic amines) is 1. The molecule has 0 N–H and O–H groups in total. The maximum absolute atomic E-state index is 12.5. The van der Waals surface area contributed by atoms with E-state index in [1.54, 1.807) is 0 Å². The maximum atomic E-state index is 12.5. The molecule has 6 heteroatoms. The molecule has 0 spiro atoms. The van der Waals surface area contributed by atoms with Gasteiger partial charge < -0.3 is 14.5 Å². The fourth-order valence-corrected chi connectivity index (χ4v) is 4.71. The van der Waals surface area contributed by atoms with Gasteiger partial charge >= 0.3 is 6.09 Å². The number of ether oxygens (including phenoxy) is 1. The van der Waals surface area contributed by atoms with Crippen LogP contribution in [0, 0.1) is 0 Å². The van der Waals surface area contributed by atoms with Gasteiger partial charge in [0.05, 0.1) is 0 Å². The Kier molecular flexibility index (Phi) is 6.99. The molecule has 1 amide bonds. The minimum atomic E-state index is -0.467. The van der Waals surface area contributed by atoms with E-state index in [4.69, 9.17) is 9.72 Å². The van der Waals surface area contributed by atoms with Crippen LogP contribution in [0.2, 0.25) is 0 Å². The molecule has 1 aromatic carbocycles. The third-order valence-corrected chi connectivity index (χ3v) is 6.25. The molecule has 2 aliphatic rings. The first-order valence-electron chi connectivity index (χ1n) is 11.9. The van der Waals surface area contributed by atoms with E-state index in [2.05, 4.69) is 52.3 Å². The van der Waals surface area contributed by atoms with Crippen LogP contribution in [0.4, 0.5) is 10.6 Å². The molecule has 32 heavy (non-hydrogen) atoms. The standard InChI is InChI=1S/C26H36N4O2/c1-26(2,3)32-25(31)29-18-16-28(17-19-29)24-22(12-9-14-27-24)23-13-7-8-15-30(23)20-21-10-5-4-6-11-21/h4-6,9-12,14,23H,7-8,13,15-20H2,1-3H3/t23-/m0/s1. The highest BCUT2D eigenvalue weighted by atomic mass is 16.6. The van der Waals surface area contributed by atoms with E-state index in [0.29, 0.717) is 19.1 Å². The van der Waals surface area contributed by atoms with Crippen molar-refractivity contribution < 1.29 is 9.53 Å².